The number of fused-ring (bicyclic) bond motifs is 1. The molecule has 2 aromatic carbocycles. The van der Waals surface area contributed by atoms with Crippen molar-refractivity contribution in [2.75, 3.05) is 11.4 Å². The molecule has 23 heavy (non-hydrogen) atoms. The molecule has 5 heteroatoms. The van der Waals surface area contributed by atoms with E-state index in [4.69, 9.17) is 11.6 Å². The third-order valence-corrected chi connectivity index (χ3v) is 4.92. The Hall–Kier alpha value is -1.91. The molecule has 3 nitrogen and oxygen atoms in total. The lowest BCUT2D eigenvalue weighted by Gasteiger charge is -2.30. The van der Waals surface area contributed by atoms with E-state index in [9.17, 15) is 9.18 Å². The number of amides is 1. The Morgan fingerprint density at radius 2 is 1.83 bits per heavy atom. The minimum atomic E-state index is -0.391. The number of carbonyl (C=O) groups is 1. The highest BCUT2D eigenvalue weighted by molar-refractivity contribution is 6.30. The van der Waals surface area contributed by atoms with Gasteiger partial charge in [-0.15, -0.1) is 0 Å². The zero-order chi connectivity index (χ0) is 16.0. The molecule has 0 bridgehead atoms. The van der Waals surface area contributed by atoms with Gasteiger partial charge in [0.2, 0.25) is 5.91 Å². The highest BCUT2D eigenvalue weighted by atomic mass is 35.5. The van der Waals surface area contributed by atoms with Crippen LogP contribution in [0.5, 0.6) is 0 Å². The van der Waals surface area contributed by atoms with Gasteiger partial charge in [0.25, 0.3) is 0 Å². The molecule has 2 aromatic rings. The number of benzene rings is 2. The van der Waals surface area contributed by atoms with Crippen LogP contribution in [0.1, 0.15) is 24.6 Å². The van der Waals surface area contributed by atoms with Gasteiger partial charge >= 0.3 is 0 Å². The lowest BCUT2D eigenvalue weighted by Crippen LogP contribution is -2.32. The van der Waals surface area contributed by atoms with E-state index in [-0.39, 0.29) is 17.8 Å². The van der Waals surface area contributed by atoms with Gasteiger partial charge in [0.1, 0.15) is 12.0 Å². The standard InChI is InChI=1S/C18H16ClFN2O/c19-12-7-9-13(10-8-12)22-17(14-4-1-2-5-15(14)20)21-11-3-6-16(21)18(22)23/h1-2,4-5,7-10,16-17H,3,6,11H2/t16-,17+/m0/s1. The van der Waals surface area contributed by atoms with Crippen LogP contribution in [0.15, 0.2) is 48.5 Å². The summed E-state index contributed by atoms with van der Waals surface area (Å²) in [6.07, 6.45) is 1.40. The Labute approximate surface area is 139 Å². The van der Waals surface area contributed by atoms with Crippen molar-refractivity contribution in [3.05, 3.63) is 64.9 Å². The molecule has 2 aliphatic heterocycles. The first kappa shape index (κ1) is 14.7. The van der Waals surface area contributed by atoms with Gasteiger partial charge in [-0.1, -0.05) is 29.8 Å². The average molecular weight is 331 g/mol. The Morgan fingerprint density at radius 3 is 2.57 bits per heavy atom. The molecular formula is C18H16ClFN2O. The number of anilines is 1. The quantitative estimate of drug-likeness (QED) is 0.831. The molecule has 0 radical (unpaired) electrons. The van der Waals surface area contributed by atoms with E-state index in [1.165, 1.54) is 6.07 Å². The summed E-state index contributed by atoms with van der Waals surface area (Å²) in [6.45, 7) is 0.805. The largest absolute Gasteiger partial charge is 0.290 e. The highest BCUT2D eigenvalue weighted by Gasteiger charge is 2.49. The van der Waals surface area contributed by atoms with Gasteiger partial charge in [0, 0.05) is 22.8 Å². The second-order valence-electron chi connectivity index (χ2n) is 5.98. The third-order valence-electron chi connectivity index (χ3n) is 4.66. The van der Waals surface area contributed by atoms with Crippen molar-refractivity contribution in [1.82, 2.24) is 4.90 Å². The van der Waals surface area contributed by atoms with Crippen LogP contribution >= 0.6 is 11.6 Å². The van der Waals surface area contributed by atoms with E-state index in [1.54, 1.807) is 29.2 Å². The fraction of sp³-hybridized carbons (Fsp3) is 0.278. The lowest BCUT2D eigenvalue weighted by molar-refractivity contribution is -0.119. The predicted octanol–water partition coefficient (Wildman–Crippen LogP) is 3.99. The number of hydrogen-bond donors (Lipinski definition) is 0. The van der Waals surface area contributed by atoms with Crippen molar-refractivity contribution in [1.29, 1.82) is 0 Å². The number of rotatable bonds is 2. The zero-order valence-corrected chi connectivity index (χ0v) is 13.2. The highest BCUT2D eigenvalue weighted by Crippen LogP contribution is 2.43. The normalized spacial score (nSPS) is 24.3. The van der Waals surface area contributed by atoms with Crippen molar-refractivity contribution in [2.24, 2.45) is 0 Å². The molecule has 2 aliphatic rings. The first-order valence-electron chi connectivity index (χ1n) is 7.75. The van der Waals surface area contributed by atoms with Crippen molar-refractivity contribution in [2.45, 2.75) is 25.0 Å². The van der Waals surface area contributed by atoms with Crippen LogP contribution in [-0.2, 0) is 4.79 Å². The molecule has 118 valence electrons. The molecular weight excluding hydrogens is 315 g/mol. The van der Waals surface area contributed by atoms with E-state index in [0.29, 0.717) is 10.6 Å². The smallest absolute Gasteiger partial charge is 0.246 e. The number of carbonyl (C=O) groups excluding carboxylic acids is 1. The SMILES string of the molecule is O=C1[C@@H]2CCCN2[C@@H](c2ccccc2F)N1c1ccc(Cl)cc1. The molecule has 2 heterocycles. The summed E-state index contributed by atoms with van der Waals surface area (Å²) < 4.78 is 14.4. The molecule has 0 aromatic heterocycles. The summed E-state index contributed by atoms with van der Waals surface area (Å²) in [4.78, 5) is 16.7. The Morgan fingerprint density at radius 1 is 1.09 bits per heavy atom. The number of hydrogen-bond acceptors (Lipinski definition) is 2. The molecule has 0 spiro atoms. The van der Waals surface area contributed by atoms with Crippen LogP contribution in [0.4, 0.5) is 10.1 Å². The fourth-order valence-electron chi connectivity index (χ4n) is 3.65. The second-order valence-corrected chi connectivity index (χ2v) is 6.41. The summed E-state index contributed by atoms with van der Waals surface area (Å²) >= 11 is 5.96. The van der Waals surface area contributed by atoms with Crippen LogP contribution in [0.3, 0.4) is 0 Å². The zero-order valence-electron chi connectivity index (χ0n) is 12.5. The topological polar surface area (TPSA) is 23.6 Å². The van der Waals surface area contributed by atoms with Gasteiger partial charge in [-0.3, -0.25) is 14.6 Å². The Kier molecular flexibility index (Phi) is 3.58. The van der Waals surface area contributed by atoms with Crippen LogP contribution in [0, 0.1) is 5.82 Å². The van der Waals surface area contributed by atoms with Gasteiger partial charge in [-0.05, 0) is 43.2 Å². The van der Waals surface area contributed by atoms with E-state index in [0.717, 1.165) is 25.1 Å². The van der Waals surface area contributed by atoms with Crippen molar-refractivity contribution in [3.63, 3.8) is 0 Å². The summed E-state index contributed by atoms with van der Waals surface area (Å²) in [5.74, 6) is -0.241. The summed E-state index contributed by atoms with van der Waals surface area (Å²) in [5.41, 5.74) is 1.29. The van der Waals surface area contributed by atoms with Gasteiger partial charge in [-0.2, -0.15) is 0 Å². The van der Waals surface area contributed by atoms with Gasteiger partial charge in [0.05, 0.1) is 6.04 Å². The van der Waals surface area contributed by atoms with Gasteiger partial charge in [-0.25, -0.2) is 4.39 Å². The minimum absolute atomic E-state index is 0.0399. The molecule has 2 saturated heterocycles. The lowest BCUT2D eigenvalue weighted by atomic mass is 10.1. The molecule has 1 amide bonds. The summed E-state index contributed by atoms with van der Waals surface area (Å²) in [5, 5.41) is 0.614. The number of nitrogens with zero attached hydrogens (tertiary/aromatic N) is 2. The van der Waals surface area contributed by atoms with E-state index in [2.05, 4.69) is 4.90 Å². The number of halogens is 2. The maximum atomic E-state index is 14.4. The van der Waals surface area contributed by atoms with Crippen LogP contribution in [-0.4, -0.2) is 23.4 Å². The van der Waals surface area contributed by atoms with Crippen LogP contribution < -0.4 is 4.90 Å². The van der Waals surface area contributed by atoms with Crippen LogP contribution in [0.2, 0.25) is 5.02 Å². The van der Waals surface area contributed by atoms with Gasteiger partial charge < -0.3 is 0 Å². The minimum Gasteiger partial charge on any atom is -0.290 e. The van der Waals surface area contributed by atoms with Crippen molar-refractivity contribution in [3.8, 4) is 0 Å². The van der Waals surface area contributed by atoms with Gasteiger partial charge in [0.15, 0.2) is 0 Å². The van der Waals surface area contributed by atoms with Crippen LogP contribution in [0.25, 0.3) is 0 Å². The molecule has 2 fully saturated rings. The second kappa shape index (κ2) is 5.62. The molecule has 4 rings (SSSR count). The fourth-order valence-corrected chi connectivity index (χ4v) is 3.77. The van der Waals surface area contributed by atoms with Crippen molar-refractivity contribution < 1.29 is 9.18 Å². The molecule has 0 saturated carbocycles. The first-order valence-corrected chi connectivity index (χ1v) is 8.13. The molecule has 0 N–H and O–H groups in total. The summed E-state index contributed by atoms with van der Waals surface area (Å²) in [7, 11) is 0. The third kappa shape index (κ3) is 2.33. The maximum Gasteiger partial charge on any atom is 0.246 e. The molecule has 0 unspecified atom stereocenters. The Balaban J connectivity index is 1.83. The predicted molar refractivity (Wildman–Crippen MR) is 87.8 cm³/mol. The van der Waals surface area contributed by atoms with E-state index < -0.39 is 6.17 Å². The van der Waals surface area contributed by atoms with Crippen molar-refractivity contribution >= 4 is 23.2 Å². The van der Waals surface area contributed by atoms with E-state index >= 15 is 0 Å². The molecule has 0 aliphatic carbocycles. The Bertz CT molecular complexity index is 749. The first-order chi connectivity index (χ1) is 11.2. The van der Waals surface area contributed by atoms with E-state index in [1.807, 2.05) is 18.2 Å². The molecule has 2 atom stereocenters. The monoisotopic (exact) mass is 330 g/mol. The summed E-state index contributed by atoms with van der Waals surface area (Å²) in [6, 6.07) is 13.7. The maximum absolute atomic E-state index is 14.4. The average Bonchev–Trinajstić information content (AvgIpc) is 3.12.